The summed E-state index contributed by atoms with van der Waals surface area (Å²) in [4.78, 5) is 12.6. The van der Waals surface area contributed by atoms with Gasteiger partial charge in [-0.05, 0) is 30.7 Å². The van der Waals surface area contributed by atoms with Crippen molar-refractivity contribution in [1.82, 2.24) is 20.4 Å². The summed E-state index contributed by atoms with van der Waals surface area (Å²) < 4.78 is 1.81. The number of carbonyl (C=O) groups is 1. The van der Waals surface area contributed by atoms with Gasteiger partial charge in [0.25, 0.3) is 5.91 Å². The Morgan fingerprint density at radius 1 is 1.07 bits per heavy atom. The van der Waals surface area contributed by atoms with E-state index in [0.717, 1.165) is 29.4 Å². The van der Waals surface area contributed by atoms with E-state index in [-0.39, 0.29) is 12.5 Å². The highest BCUT2D eigenvalue weighted by atomic mass is 35.5. The summed E-state index contributed by atoms with van der Waals surface area (Å²) in [6.45, 7) is 2.45. The number of para-hydroxylation sites is 1. The molecular weight excluding hydrogens is 364 g/mol. The van der Waals surface area contributed by atoms with Crippen molar-refractivity contribution in [1.29, 1.82) is 0 Å². The molecule has 1 heterocycles. The van der Waals surface area contributed by atoms with Gasteiger partial charge in [0, 0.05) is 23.5 Å². The number of hydrogen-bond donors (Lipinski definition) is 3. The number of halogens is 1. The molecule has 7 heteroatoms. The fraction of sp³-hybridized carbons (Fsp3) is 0.300. The number of nitrogens with zero attached hydrogens (tertiary/aromatic N) is 2. The third kappa shape index (κ3) is 4.86. The SMILES string of the molecule is O=C(NCCCNCCO)c1nn(Cc2ccccc2Cl)c2ccccc12. The van der Waals surface area contributed by atoms with Crippen LogP contribution in [-0.4, -0.2) is 47.0 Å². The predicted octanol–water partition coefficient (Wildman–Crippen LogP) is 2.44. The lowest BCUT2D eigenvalue weighted by atomic mass is 10.2. The van der Waals surface area contributed by atoms with Gasteiger partial charge in [-0.2, -0.15) is 5.10 Å². The highest BCUT2D eigenvalue weighted by molar-refractivity contribution is 6.31. The summed E-state index contributed by atoms with van der Waals surface area (Å²) in [7, 11) is 0. The molecule has 3 N–H and O–H groups in total. The molecule has 0 aliphatic carbocycles. The first kappa shape index (κ1) is 19.4. The smallest absolute Gasteiger partial charge is 0.272 e. The van der Waals surface area contributed by atoms with Crippen molar-refractivity contribution in [3.05, 3.63) is 64.8 Å². The van der Waals surface area contributed by atoms with Crippen molar-refractivity contribution in [2.24, 2.45) is 0 Å². The van der Waals surface area contributed by atoms with Crippen LogP contribution in [0.4, 0.5) is 0 Å². The number of aliphatic hydroxyl groups excluding tert-OH is 1. The number of rotatable bonds is 9. The van der Waals surface area contributed by atoms with Crippen molar-refractivity contribution >= 4 is 28.4 Å². The third-order valence-corrected chi connectivity index (χ3v) is 4.62. The minimum atomic E-state index is -0.189. The van der Waals surface area contributed by atoms with E-state index in [1.54, 1.807) is 0 Å². The molecule has 3 rings (SSSR count). The Morgan fingerprint density at radius 2 is 1.85 bits per heavy atom. The summed E-state index contributed by atoms with van der Waals surface area (Å²) in [6.07, 6.45) is 0.782. The van der Waals surface area contributed by atoms with Crippen LogP contribution in [0.15, 0.2) is 48.5 Å². The molecule has 142 valence electrons. The zero-order chi connectivity index (χ0) is 19.1. The molecule has 0 aliphatic rings. The van der Waals surface area contributed by atoms with Crippen molar-refractivity contribution in [2.75, 3.05) is 26.2 Å². The van der Waals surface area contributed by atoms with E-state index >= 15 is 0 Å². The summed E-state index contributed by atoms with van der Waals surface area (Å²) in [5, 5.41) is 20.8. The number of carbonyl (C=O) groups excluding carboxylic acids is 1. The standard InChI is InChI=1S/C20H23ClN4O2/c21-17-8-3-1-6-15(17)14-25-18-9-4-2-7-16(18)19(24-25)20(27)23-11-5-10-22-12-13-26/h1-4,6-9,22,26H,5,10-14H2,(H,23,27). The van der Waals surface area contributed by atoms with Gasteiger partial charge in [0.1, 0.15) is 0 Å². The maximum Gasteiger partial charge on any atom is 0.272 e. The van der Waals surface area contributed by atoms with Crippen molar-refractivity contribution in [3.63, 3.8) is 0 Å². The van der Waals surface area contributed by atoms with Gasteiger partial charge in [-0.15, -0.1) is 0 Å². The number of amides is 1. The molecule has 3 aromatic rings. The van der Waals surface area contributed by atoms with E-state index in [1.165, 1.54) is 0 Å². The highest BCUT2D eigenvalue weighted by Gasteiger charge is 2.17. The molecule has 1 amide bonds. The zero-order valence-corrected chi connectivity index (χ0v) is 15.7. The second-order valence-electron chi connectivity index (χ2n) is 6.20. The maximum absolute atomic E-state index is 12.6. The minimum absolute atomic E-state index is 0.112. The Bertz CT molecular complexity index is 910. The van der Waals surface area contributed by atoms with Crippen LogP contribution in [0.5, 0.6) is 0 Å². The van der Waals surface area contributed by atoms with Crippen LogP contribution in [0.1, 0.15) is 22.5 Å². The molecule has 6 nitrogen and oxygen atoms in total. The molecule has 0 aliphatic heterocycles. The molecule has 2 aromatic carbocycles. The first-order chi connectivity index (χ1) is 13.2. The fourth-order valence-electron chi connectivity index (χ4n) is 2.91. The van der Waals surface area contributed by atoms with E-state index in [4.69, 9.17) is 16.7 Å². The van der Waals surface area contributed by atoms with E-state index in [0.29, 0.717) is 30.4 Å². The number of benzene rings is 2. The van der Waals surface area contributed by atoms with Gasteiger partial charge in [0.15, 0.2) is 5.69 Å². The molecule has 0 spiro atoms. The predicted molar refractivity (Wildman–Crippen MR) is 107 cm³/mol. The topological polar surface area (TPSA) is 79.2 Å². The van der Waals surface area contributed by atoms with E-state index < -0.39 is 0 Å². The Hall–Kier alpha value is -2.41. The molecule has 0 fully saturated rings. The first-order valence-corrected chi connectivity index (χ1v) is 9.37. The lowest BCUT2D eigenvalue weighted by molar-refractivity contribution is 0.0949. The first-order valence-electron chi connectivity index (χ1n) is 8.99. The lowest BCUT2D eigenvalue weighted by Gasteiger charge is -2.06. The Kier molecular flexibility index (Phi) is 6.81. The second kappa shape index (κ2) is 9.50. The van der Waals surface area contributed by atoms with Crippen molar-refractivity contribution in [3.8, 4) is 0 Å². The lowest BCUT2D eigenvalue weighted by Crippen LogP contribution is -2.28. The number of aliphatic hydroxyl groups is 1. The van der Waals surface area contributed by atoms with Gasteiger partial charge < -0.3 is 15.7 Å². The third-order valence-electron chi connectivity index (χ3n) is 4.26. The highest BCUT2D eigenvalue weighted by Crippen LogP contribution is 2.22. The molecule has 0 saturated carbocycles. The van der Waals surface area contributed by atoms with Crippen LogP contribution < -0.4 is 10.6 Å². The monoisotopic (exact) mass is 386 g/mol. The van der Waals surface area contributed by atoms with E-state index in [9.17, 15) is 4.79 Å². The summed E-state index contributed by atoms with van der Waals surface area (Å²) >= 11 is 6.27. The average Bonchev–Trinajstić information content (AvgIpc) is 3.05. The Balaban J connectivity index is 1.74. The van der Waals surface area contributed by atoms with Crippen LogP contribution >= 0.6 is 11.6 Å². The fourth-order valence-corrected chi connectivity index (χ4v) is 3.10. The summed E-state index contributed by atoms with van der Waals surface area (Å²) in [5.41, 5.74) is 2.27. The second-order valence-corrected chi connectivity index (χ2v) is 6.61. The number of nitrogens with one attached hydrogen (secondary N) is 2. The summed E-state index contributed by atoms with van der Waals surface area (Å²) in [6, 6.07) is 15.3. The van der Waals surface area contributed by atoms with Gasteiger partial charge in [0.2, 0.25) is 0 Å². The normalized spacial score (nSPS) is 11.0. The molecule has 0 bridgehead atoms. The van der Waals surface area contributed by atoms with E-state index in [2.05, 4.69) is 15.7 Å². The quantitative estimate of drug-likeness (QED) is 0.493. The number of fused-ring (bicyclic) bond motifs is 1. The average molecular weight is 387 g/mol. The molecular formula is C20H23ClN4O2. The molecule has 0 unspecified atom stereocenters. The van der Waals surface area contributed by atoms with Crippen molar-refractivity contribution in [2.45, 2.75) is 13.0 Å². The Labute approximate surface area is 163 Å². The maximum atomic E-state index is 12.6. The largest absolute Gasteiger partial charge is 0.395 e. The number of aromatic nitrogens is 2. The van der Waals surface area contributed by atoms with Gasteiger partial charge in [-0.1, -0.05) is 48.0 Å². The minimum Gasteiger partial charge on any atom is -0.395 e. The summed E-state index contributed by atoms with van der Waals surface area (Å²) in [5.74, 6) is -0.189. The zero-order valence-electron chi connectivity index (χ0n) is 15.0. The number of hydrogen-bond acceptors (Lipinski definition) is 4. The van der Waals surface area contributed by atoms with Crippen LogP contribution in [-0.2, 0) is 6.54 Å². The Morgan fingerprint density at radius 3 is 2.67 bits per heavy atom. The molecule has 1 aromatic heterocycles. The van der Waals surface area contributed by atoms with Crippen LogP contribution in [0.25, 0.3) is 10.9 Å². The van der Waals surface area contributed by atoms with Gasteiger partial charge in [0.05, 0.1) is 18.7 Å². The molecule has 0 radical (unpaired) electrons. The van der Waals surface area contributed by atoms with E-state index in [1.807, 2.05) is 53.2 Å². The van der Waals surface area contributed by atoms with Crippen LogP contribution in [0.2, 0.25) is 5.02 Å². The molecule has 0 atom stereocenters. The van der Waals surface area contributed by atoms with Crippen molar-refractivity contribution < 1.29 is 9.90 Å². The molecule has 0 saturated heterocycles. The molecule has 27 heavy (non-hydrogen) atoms. The van der Waals surface area contributed by atoms with Crippen LogP contribution in [0, 0.1) is 0 Å². The van der Waals surface area contributed by atoms with Gasteiger partial charge in [-0.3, -0.25) is 9.48 Å². The van der Waals surface area contributed by atoms with Gasteiger partial charge in [-0.25, -0.2) is 0 Å². The van der Waals surface area contributed by atoms with Gasteiger partial charge >= 0.3 is 0 Å². The van der Waals surface area contributed by atoms with Crippen LogP contribution in [0.3, 0.4) is 0 Å².